The summed E-state index contributed by atoms with van der Waals surface area (Å²) in [4.78, 5) is 29.5. The lowest BCUT2D eigenvalue weighted by Crippen LogP contribution is -2.35. The number of amides is 2. The van der Waals surface area contributed by atoms with Crippen LogP contribution >= 0.6 is 12.2 Å². The molecule has 0 aliphatic heterocycles. The first-order chi connectivity index (χ1) is 19.4. The van der Waals surface area contributed by atoms with Crippen molar-refractivity contribution in [3.05, 3.63) is 89.9 Å². The van der Waals surface area contributed by atoms with Crippen molar-refractivity contribution in [2.75, 3.05) is 32.7 Å². The molecule has 206 valence electrons. The van der Waals surface area contributed by atoms with E-state index in [-0.39, 0.29) is 28.8 Å². The van der Waals surface area contributed by atoms with Crippen molar-refractivity contribution < 1.29 is 28.2 Å². The van der Waals surface area contributed by atoms with Gasteiger partial charge in [0, 0.05) is 37.0 Å². The van der Waals surface area contributed by atoms with E-state index in [0.717, 1.165) is 5.56 Å². The highest BCUT2D eigenvalue weighted by Crippen LogP contribution is 2.35. The lowest BCUT2D eigenvalue weighted by atomic mass is 10.1. The summed E-state index contributed by atoms with van der Waals surface area (Å²) >= 11 is 5.20. The minimum absolute atomic E-state index is 0.0411. The molecule has 0 aliphatic rings. The summed E-state index contributed by atoms with van der Waals surface area (Å²) < 4.78 is 31.3. The number of halogens is 1. The molecule has 1 heterocycles. The number of hydrogen-bond acceptors (Lipinski definition) is 7. The van der Waals surface area contributed by atoms with Gasteiger partial charge in [0.05, 0.1) is 25.7 Å². The minimum Gasteiger partial charge on any atom is -0.496 e. The molecule has 1 aromatic heterocycles. The predicted molar refractivity (Wildman–Crippen MR) is 153 cm³/mol. The van der Waals surface area contributed by atoms with E-state index in [9.17, 15) is 9.59 Å². The molecule has 40 heavy (non-hydrogen) atoms. The first kappa shape index (κ1) is 28.4. The van der Waals surface area contributed by atoms with Crippen LogP contribution in [0, 0.1) is 5.82 Å². The molecule has 0 bridgehead atoms. The quantitative estimate of drug-likeness (QED) is 0.190. The van der Waals surface area contributed by atoms with Crippen molar-refractivity contribution in [2.24, 2.45) is 0 Å². The highest BCUT2D eigenvalue weighted by molar-refractivity contribution is 7.80. The van der Waals surface area contributed by atoms with Crippen LogP contribution in [0.15, 0.2) is 72.9 Å². The molecule has 0 saturated heterocycles. The fourth-order valence-corrected chi connectivity index (χ4v) is 4.13. The second-order valence-electron chi connectivity index (χ2n) is 8.51. The summed E-state index contributed by atoms with van der Waals surface area (Å²) in [6.07, 6.45) is 1.62. The van der Waals surface area contributed by atoms with E-state index in [2.05, 4.69) is 20.9 Å². The highest BCUT2D eigenvalue weighted by atomic mass is 32.1. The van der Waals surface area contributed by atoms with Crippen LogP contribution in [-0.4, -0.2) is 49.3 Å². The molecule has 0 fully saturated rings. The van der Waals surface area contributed by atoms with Crippen LogP contribution in [0.4, 0.5) is 10.1 Å². The number of thiocarbonyl (C=S) groups is 1. The molecule has 3 aromatic carbocycles. The van der Waals surface area contributed by atoms with Gasteiger partial charge in [0.25, 0.3) is 5.91 Å². The Labute approximate surface area is 235 Å². The van der Waals surface area contributed by atoms with Gasteiger partial charge in [-0.2, -0.15) is 0 Å². The number of anilines is 1. The minimum atomic E-state index is -0.667. The monoisotopic (exact) mass is 562 g/mol. The molecule has 0 unspecified atom stereocenters. The standard InChI is InChI=1S/C29H27FN4O5S/c1-37-15-14-32-28(36)26-24(38-2)11-9-20-22(12-13-31-27(20)26)39-23-10-8-19(17-21(23)30)33-29(40)34-25(35)16-18-6-4-3-5-7-18/h3-13,17H,14-16H2,1-2H3,(H,32,36)(H2,33,34,35,40). The molecule has 4 rings (SSSR count). The van der Waals surface area contributed by atoms with E-state index >= 15 is 4.39 Å². The number of rotatable bonds is 10. The molecule has 0 atom stereocenters. The molecule has 9 nitrogen and oxygen atoms in total. The Morgan fingerprint density at radius 3 is 2.48 bits per heavy atom. The largest absolute Gasteiger partial charge is 0.496 e. The second kappa shape index (κ2) is 13.5. The number of ether oxygens (including phenoxy) is 3. The van der Waals surface area contributed by atoms with Crippen molar-refractivity contribution in [3.8, 4) is 17.2 Å². The Hall–Kier alpha value is -4.61. The zero-order chi connectivity index (χ0) is 28.5. The van der Waals surface area contributed by atoms with E-state index in [1.807, 2.05) is 30.3 Å². The molecular formula is C29H27FN4O5S. The molecular weight excluding hydrogens is 535 g/mol. The molecule has 4 aromatic rings. The van der Waals surface area contributed by atoms with Gasteiger partial charge in [-0.25, -0.2) is 4.39 Å². The van der Waals surface area contributed by atoms with Gasteiger partial charge in [0.2, 0.25) is 5.91 Å². The van der Waals surface area contributed by atoms with Gasteiger partial charge in [-0.3, -0.25) is 14.6 Å². The van der Waals surface area contributed by atoms with Crippen LogP contribution in [0.2, 0.25) is 0 Å². The van der Waals surface area contributed by atoms with Gasteiger partial charge < -0.3 is 30.2 Å². The number of hydrogen-bond donors (Lipinski definition) is 3. The third-order valence-electron chi connectivity index (χ3n) is 5.74. The normalized spacial score (nSPS) is 10.6. The number of methoxy groups -OCH3 is 2. The number of aromatic nitrogens is 1. The summed E-state index contributed by atoms with van der Waals surface area (Å²) in [5, 5.41) is 8.67. The Morgan fingerprint density at radius 1 is 0.975 bits per heavy atom. The first-order valence-corrected chi connectivity index (χ1v) is 12.7. The maximum atomic E-state index is 15.0. The molecule has 2 amide bonds. The van der Waals surface area contributed by atoms with Gasteiger partial charge in [-0.05, 0) is 48.1 Å². The number of carbonyl (C=O) groups excluding carboxylic acids is 2. The second-order valence-corrected chi connectivity index (χ2v) is 8.92. The van der Waals surface area contributed by atoms with E-state index in [1.54, 1.807) is 24.3 Å². The molecule has 3 N–H and O–H groups in total. The average molecular weight is 563 g/mol. The van der Waals surface area contributed by atoms with Crippen molar-refractivity contribution in [1.82, 2.24) is 15.6 Å². The molecule has 0 aliphatic carbocycles. The van der Waals surface area contributed by atoms with E-state index in [4.69, 9.17) is 26.4 Å². The summed E-state index contributed by atoms with van der Waals surface area (Å²) in [5.41, 5.74) is 1.73. The van der Waals surface area contributed by atoms with Gasteiger partial charge in [-0.15, -0.1) is 0 Å². The Kier molecular flexibility index (Phi) is 9.55. The third-order valence-corrected chi connectivity index (χ3v) is 5.95. The van der Waals surface area contributed by atoms with Crippen LogP contribution in [-0.2, 0) is 16.0 Å². The highest BCUT2D eigenvalue weighted by Gasteiger charge is 2.20. The first-order valence-electron chi connectivity index (χ1n) is 12.2. The molecule has 0 radical (unpaired) electrons. The summed E-state index contributed by atoms with van der Waals surface area (Å²) in [5.74, 6) is -0.782. The lowest BCUT2D eigenvalue weighted by Gasteiger charge is -2.15. The van der Waals surface area contributed by atoms with Gasteiger partial charge in [0.15, 0.2) is 16.7 Å². The van der Waals surface area contributed by atoms with Crippen LogP contribution < -0.4 is 25.4 Å². The number of nitrogens with zero attached hydrogens (tertiary/aromatic N) is 1. The zero-order valence-electron chi connectivity index (χ0n) is 21.8. The summed E-state index contributed by atoms with van der Waals surface area (Å²) in [7, 11) is 3.00. The molecule has 0 saturated carbocycles. The average Bonchev–Trinajstić information content (AvgIpc) is 2.94. The topological polar surface area (TPSA) is 111 Å². The van der Waals surface area contributed by atoms with Crippen LogP contribution in [0.5, 0.6) is 17.2 Å². The fraction of sp³-hybridized carbons (Fsp3) is 0.172. The smallest absolute Gasteiger partial charge is 0.257 e. The molecule has 11 heteroatoms. The van der Waals surface area contributed by atoms with Gasteiger partial charge in [0.1, 0.15) is 17.1 Å². The number of carbonyl (C=O) groups is 2. The summed E-state index contributed by atoms with van der Waals surface area (Å²) in [6.45, 7) is 0.645. The number of benzene rings is 3. The maximum absolute atomic E-state index is 15.0. The number of fused-ring (bicyclic) bond motifs is 1. The van der Waals surface area contributed by atoms with Crippen LogP contribution in [0.25, 0.3) is 10.9 Å². The number of nitrogens with one attached hydrogen (secondary N) is 3. The Balaban J connectivity index is 1.48. The van der Waals surface area contributed by atoms with Crippen molar-refractivity contribution in [2.45, 2.75) is 6.42 Å². The third kappa shape index (κ3) is 7.07. The van der Waals surface area contributed by atoms with E-state index < -0.39 is 11.7 Å². The van der Waals surface area contributed by atoms with Crippen LogP contribution in [0.3, 0.4) is 0 Å². The Bertz CT molecular complexity index is 1530. The van der Waals surface area contributed by atoms with Gasteiger partial charge in [-0.1, -0.05) is 30.3 Å². The molecule has 0 spiro atoms. The van der Waals surface area contributed by atoms with E-state index in [1.165, 1.54) is 32.5 Å². The Morgan fingerprint density at radius 2 is 1.75 bits per heavy atom. The van der Waals surface area contributed by atoms with Crippen molar-refractivity contribution >= 4 is 45.7 Å². The lowest BCUT2D eigenvalue weighted by molar-refractivity contribution is -0.119. The zero-order valence-corrected chi connectivity index (χ0v) is 22.6. The van der Waals surface area contributed by atoms with Crippen molar-refractivity contribution in [1.29, 1.82) is 0 Å². The fourth-order valence-electron chi connectivity index (χ4n) is 3.90. The SMILES string of the molecule is COCCNC(=O)c1c(OC)ccc2c(Oc3ccc(NC(=S)NC(=O)Cc4ccccc4)cc3F)ccnc12. The van der Waals surface area contributed by atoms with Crippen molar-refractivity contribution in [3.63, 3.8) is 0 Å². The predicted octanol–water partition coefficient (Wildman–Crippen LogP) is 4.61. The summed E-state index contributed by atoms with van der Waals surface area (Å²) in [6, 6.07) is 18.3. The van der Waals surface area contributed by atoms with Crippen LogP contribution in [0.1, 0.15) is 15.9 Å². The van der Waals surface area contributed by atoms with E-state index in [0.29, 0.717) is 41.2 Å². The maximum Gasteiger partial charge on any atom is 0.257 e. The number of pyridine rings is 1. The van der Waals surface area contributed by atoms with Gasteiger partial charge >= 0.3 is 0 Å².